The molecule has 0 radical (unpaired) electrons. The molecule has 0 aliphatic carbocycles. The van der Waals surface area contributed by atoms with Crippen LogP contribution in [0.15, 0.2) is 18.2 Å². The van der Waals surface area contributed by atoms with Crippen molar-refractivity contribution < 1.29 is 22.8 Å². The van der Waals surface area contributed by atoms with Crippen LogP contribution in [0.5, 0.6) is 0 Å². The Kier molecular flexibility index (Phi) is 4.74. The van der Waals surface area contributed by atoms with Crippen LogP contribution >= 0.6 is 11.6 Å². The SMILES string of the molecule is CN1C[C@@H](C(=O)NCc2ccc(Cl)c(C(F)(F)F)c2)N(C)C1=O. The molecule has 0 bridgehead atoms. The van der Waals surface area contributed by atoms with Crippen LogP contribution in [-0.2, 0) is 17.5 Å². The van der Waals surface area contributed by atoms with Crippen LogP contribution in [0.25, 0.3) is 0 Å². The Morgan fingerprint density at radius 1 is 1.39 bits per heavy atom. The summed E-state index contributed by atoms with van der Waals surface area (Å²) in [5, 5.41) is 2.15. The van der Waals surface area contributed by atoms with Crippen molar-refractivity contribution >= 4 is 23.5 Å². The van der Waals surface area contributed by atoms with Gasteiger partial charge in [0.25, 0.3) is 0 Å². The highest BCUT2D eigenvalue weighted by molar-refractivity contribution is 6.31. The third-order valence-corrected chi connectivity index (χ3v) is 3.98. The van der Waals surface area contributed by atoms with E-state index < -0.39 is 28.7 Å². The molecule has 0 aromatic heterocycles. The van der Waals surface area contributed by atoms with Crippen LogP contribution in [0.1, 0.15) is 11.1 Å². The Bertz CT molecular complexity index is 636. The Morgan fingerprint density at radius 2 is 2.04 bits per heavy atom. The van der Waals surface area contributed by atoms with Gasteiger partial charge in [0.05, 0.1) is 17.1 Å². The number of hydrogen-bond acceptors (Lipinski definition) is 2. The van der Waals surface area contributed by atoms with Crippen molar-refractivity contribution in [1.29, 1.82) is 0 Å². The number of nitrogens with zero attached hydrogens (tertiary/aromatic N) is 2. The minimum atomic E-state index is -4.56. The monoisotopic (exact) mass is 349 g/mol. The lowest BCUT2D eigenvalue weighted by molar-refractivity contribution is -0.137. The molecule has 1 aromatic carbocycles. The van der Waals surface area contributed by atoms with Crippen molar-refractivity contribution in [2.75, 3.05) is 20.6 Å². The molecule has 0 spiro atoms. The molecule has 1 aliphatic rings. The first kappa shape index (κ1) is 17.4. The number of halogens is 4. The summed E-state index contributed by atoms with van der Waals surface area (Å²) in [7, 11) is 3.07. The molecule has 3 amide bonds. The van der Waals surface area contributed by atoms with E-state index in [1.165, 1.54) is 22.9 Å². The normalized spacial score (nSPS) is 18.5. The van der Waals surface area contributed by atoms with Crippen LogP contribution in [-0.4, -0.2) is 48.4 Å². The smallest absolute Gasteiger partial charge is 0.350 e. The van der Waals surface area contributed by atoms with E-state index in [0.717, 1.165) is 12.1 Å². The van der Waals surface area contributed by atoms with Gasteiger partial charge in [0, 0.05) is 20.6 Å². The molecule has 1 aromatic rings. The third kappa shape index (κ3) is 3.69. The lowest BCUT2D eigenvalue weighted by atomic mass is 10.1. The summed E-state index contributed by atoms with van der Waals surface area (Å²) in [6.07, 6.45) is -4.56. The first-order chi connectivity index (χ1) is 10.6. The summed E-state index contributed by atoms with van der Waals surface area (Å²) in [6.45, 7) is 0.150. The molecule has 9 heteroatoms. The highest BCUT2D eigenvalue weighted by atomic mass is 35.5. The van der Waals surface area contributed by atoms with Crippen molar-refractivity contribution in [2.24, 2.45) is 0 Å². The maximum absolute atomic E-state index is 12.8. The predicted octanol–water partition coefficient (Wildman–Crippen LogP) is 2.34. The zero-order chi connectivity index (χ0) is 17.4. The van der Waals surface area contributed by atoms with Crippen LogP contribution in [0, 0.1) is 0 Å². The van der Waals surface area contributed by atoms with Crippen molar-refractivity contribution in [3.8, 4) is 0 Å². The summed E-state index contributed by atoms with van der Waals surface area (Å²) in [6, 6.07) is 2.51. The van der Waals surface area contributed by atoms with Gasteiger partial charge in [-0.3, -0.25) is 4.79 Å². The maximum Gasteiger partial charge on any atom is 0.417 e. The van der Waals surface area contributed by atoms with E-state index in [1.807, 2.05) is 0 Å². The van der Waals surface area contributed by atoms with Gasteiger partial charge in [-0.2, -0.15) is 13.2 Å². The molecule has 1 aliphatic heterocycles. The van der Waals surface area contributed by atoms with Crippen LogP contribution in [0.2, 0.25) is 5.02 Å². The summed E-state index contributed by atoms with van der Waals surface area (Å²) >= 11 is 5.54. The van der Waals surface area contributed by atoms with Gasteiger partial charge in [-0.05, 0) is 17.7 Å². The van der Waals surface area contributed by atoms with Crippen LogP contribution < -0.4 is 5.32 Å². The Morgan fingerprint density at radius 3 is 2.57 bits per heavy atom. The number of benzene rings is 1. The van der Waals surface area contributed by atoms with Gasteiger partial charge in [-0.1, -0.05) is 17.7 Å². The maximum atomic E-state index is 12.8. The number of nitrogens with one attached hydrogen (secondary N) is 1. The number of alkyl halides is 3. The lowest BCUT2D eigenvalue weighted by Crippen LogP contribution is -2.43. The van der Waals surface area contributed by atoms with Crippen molar-refractivity contribution in [1.82, 2.24) is 15.1 Å². The van der Waals surface area contributed by atoms with Gasteiger partial charge in [-0.25, -0.2) is 4.79 Å². The van der Waals surface area contributed by atoms with E-state index in [2.05, 4.69) is 5.32 Å². The first-order valence-corrected chi connectivity index (χ1v) is 7.10. The lowest BCUT2D eigenvalue weighted by Gasteiger charge is -2.17. The number of carbonyl (C=O) groups is 2. The fraction of sp³-hybridized carbons (Fsp3) is 0.429. The van der Waals surface area contributed by atoms with E-state index in [-0.39, 0.29) is 24.7 Å². The predicted molar refractivity (Wildman–Crippen MR) is 77.9 cm³/mol. The molecule has 23 heavy (non-hydrogen) atoms. The fourth-order valence-corrected chi connectivity index (χ4v) is 2.55. The van der Waals surface area contributed by atoms with Crippen molar-refractivity contribution in [3.05, 3.63) is 34.3 Å². The highest BCUT2D eigenvalue weighted by Gasteiger charge is 2.37. The molecule has 5 nitrogen and oxygen atoms in total. The molecule has 0 unspecified atom stereocenters. The molecule has 1 N–H and O–H groups in total. The van der Waals surface area contributed by atoms with Gasteiger partial charge in [0.15, 0.2) is 0 Å². The number of likely N-dealkylation sites (N-methyl/N-ethyl adjacent to an activating group) is 2. The quantitative estimate of drug-likeness (QED) is 0.910. The molecule has 2 rings (SSSR count). The summed E-state index contributed by atoms with van der Waals surface area (Å²) in [5.41, 5.74) is -0.672. The highest BCUT2D eigenvalue weighted by Crippen LogP contribution is 2.35. The molecule has 1 saturated heterocycles. The molecule has 1 heterocycles. The fourth-order valence-electron chi connectivity index (χ4n) is 2.33. The van der Waals surface area contributed by atoms with Gasteiger partial charge >= 0.3 is 12.2 Å². The second-order valence-electron chi connectivity index (χ2n) is 5.32. The van der Waals surface area contributed by atoms with E-state index in [1.54, 1.807) is 7.05 Å². The summed E-state index contributed by atoms with van der Waals surface area (Å²) < 4.78 is 38.4. The Labute approximate surface area is 136 Å². The molecular weight excluding hydrogens is 335 g/mol. The number of rotatable bonds is 3. The largest absolute Gasteiger partial charge is 0.417 e. The van der Waals surface area contributed by atoms with E-state index in [9.17, 15) is 22.8 Å². The average Bonchev–Trinajstić information content (AvgIpc) is 2.72. The van der Waals surface area contributed by atoms with Crippen molar-refractivity contribution in [2.45, 2.75) is 18.8 Å². The Hall–Kier alpha value is -1.96. The van der Waals surface area contributed by atoms with E-state index in [4.69, 9.17) is 11.6 Å². The Balaban J connectivity index is 2.04. The van der Waals surface area contributed by atoms with Gasteiger partial charge in [0.2, 0.25) is 5.91 Å². The third-order valence-electron chi connectivity index (χ3n) is 3.65. The summed E-state index contributed by atoms with van der Waals surface area (Å²) in [5.74, 6) is -0.422. The molecule has 1 fully saturated rings. The minimum Gasteiger partial charge on any atom is -0.350 e. The molecule has 1 atom stereocenters. The minimum absolute atomic E-state index is 0.0820. The van der Waals surface area contributed by atoms with Crippen LogP contribution in [0.3, 0.4) is 0 Å². The topological polar surface area (TPSA) is 52.7 Å². The zero-order valence-corrected chi connectivity index (χ0v) is 13.2. The van der Waals surface area contributed by atoms with E-state index >= 15 is 0 Å². The zero-order valence-electron chi connectivity index (χ0n) is 12.4. The number of amides is 3. The summed E-state index contributed by atoms with van der Waals surface area (Å²) in [4.78, 5) is 26.4. The molecule has 126 valence electrons. The van der Waals surface area contributed by atoms with Gasteiger partial charge < -0.3 is 15.1 Å². The number of hydrogen-bond donors (Lipinski definition) is 1. The van der Waals surface area contributed by atoms with Crippen LogP contribution in [0.4, 0.5) is 18.0 Å². The molecule has 0 saturated carbocycles. The number of urea groups is 1. The average molecular weight is 350 g/mol. The van der Waals surface area contributed by atoms with Crippen molar-refractivity contribution in [3.63, 3.8) is 0 Å². The van der Waals surface area contributed by atoms with Gasteiger partial charge in [0.1, 0.15) is 6.04 Å². The standard InChI is InChI=1S/C14H15ClF3N3O2/c1-20-7-11(21(2)13(20)23)12(22)19-6-8-3-4-10(15)9(5-8)14(16,17)18/h3-5,11H,6-7H2,1-2H3,(H,19,22)/t11-/m0/s1. The number of carbonyl (C=O) groups excluding carboxylic acids is 2. The second-order valence-corrected chi connectivity index (χ2v) is 5.73. The second kappa shape index (κ2) is 6.27. The van der Waals surface area contributed by atoms with Gasteiger partial charge in [-0.15, -0.1) is 0 Å². The first-order valence-electron chi connectivity index (χ1n) is 6.72. The molecular formula is C14H15ClF3N3O2. The van der Waals surface area contributed by atoms with E-state index in [0.29, 0.717) is 0 Å².